The Bertz CT molecular complexity index is 670. The van der Waals surface area contributed by atoms with Crippen LogP contribution in [0.15, 0.2) is 18.2 Å². The molecule has 6 nitrogen and oxygen atoms in total. The average Bonchev–Trinajstić information content (AvgIpc) is 2.53. The lowest BCUT2D eigenvalue weighted by Gasteiger charge is -2.26. The van der Waals surface area contributed by atoms with Crippen molar-refractivity contribution in [1.82, 2.24) is 4.72 Å². The highest BCUT2D eigenvalue weighted by Crippen LogP contribution is 2.25. The molecule has 1 aromatic rings. The molecule has 1 rings (SSSR count). The zero-order valence-electron chi connectivity index (χ0n) is 16.0. The number of nitrogens with zero attached hydrogens (tertiary/aromatic N) is 2. The smallest absolute Gasteiger partial charge is 0.223 e. The highest BCUT2D eigenvalue weighted by molar-refractivity contribution is 7.89. The summed E-state index contributed by atoms with van der Waals surface area (Å²) in [5, 5.41) is 0. The summed E-state index contributed by atoms with van der Waals surface area (Å²) < 4.78 is 26.1. The number of amides is 1. The van der Waals surface area contributed by atoms with E-state index in [2.05, 4.69) is 29.5 Å². The molecule has 0 aliphatic heterocycles. The van der Waals surface area contributed by atoms with Crippen molar-refractivity contribution in [1.29, 1.82) is 0 Å². The molecule has 0 aliphatic rings. The summed E-state index contributed by atoms with van der Waals surface area (Å²) in [7, 11) is -3.26. The predicted molar refractivity (Wildman–Crippen MR) is 105 cm³/mol. The maximum absolute atomic E-state index is 12.0. The minimum atomic E-state index is -3.26. The minimum Gasteiger partial charge on any atom is -0.372 e. The van der Waals surface area contributed by atoms with E-state index in [-0.39, 0.29) is 18.2 Å². The molecule has 25 heavy (non-hydrogen) atoms. The van der Waals surface area contributed by atoms with Crippen molar-refractivity contribution in [3.63, 3.8) is 0 Å². The summed E-state index contributed by atoms with van der Waals surface area (Å²) in [6, 6.07) is 6.01. The first-order valence-electron chi connectivity index (χ1n) is 8.86. The quantitative estimate of drug-likeness (QED) is 0.688. The van der Waals surface area contributed by atoms with Gasteiger partial charge in [-0.1, -0.05) is 6.92 Å². The van der Waals surface area contributed by atoms with Gasteiger partial charge in [-0.2, -0.15) is 0 Å². The molecule has 0 radical (unpaired) electrons. The van der Waals surface area contributed by atoms with Gasteiger partial charge in [0.15, 0.2) is 0 Å². The maximum Gasteiger partial charge on any atom is 0.223 e. The summed E-state index contributed by atoms with van der Waals surface area (Å²) in [5.74, 6) is -0.00150. The van der Waals surface area contributed by atoms with Gasteiger partial charge in [-0.05, 0) is 51.0 Å². The van der Waals surface area contributed by atoms with Gasteiger partial charge in [0.1, 0.15) is 0 Å². The fourth-order valence-corrected chi connectivity index (χ4v) is 3.91. The zero-order valence-corrected chi connectivity index (χ0v) is 16.8. The summed E-state index contributed by atoms with van der Waals surface area (Å²) >= 11 is 0. The van der Waals surface area contributed by atoms with Crippen LogP contribution in [0.3, 0.4) is 0 Å². The molecule has 1 N–H and O–H groups in total. The van der Waals surface area contributed by atoms with E-state index in [1.807, 2.05) is 26.0 Å². The first kappa shape index (κ1) is 21.4. The summed E-state index contributed by atoms with van der Waals surface area (Å²) in [5.41, 5.74) is 2.94. The Kier molecular flexibility index (Phi) is 8.38. The SMILES string of the molecule is CCCS(=O)(=O)NCCN(C(C)=O)c1ccc(N(CC)CC)cc1C. The van der Waals surface area contributed by atoms with E-state index in [0.29, 0.717) is 13.0 Å². The highest BCUT2D eigenvalue weighted by atomic mass is 32.2. The van der Waals surface area contributed by atoms with Gasteiger partial charge in [0.2, 0.25) is 15.9 Å². The van der Waals surface area contributed by atoms with Crippen LogP contribution in [-0.4, -0.2) is 46.3 Å². The molecule has 0 aliphatic carbocycles. The van der Waals surface area contributed by atoms with Crippen LogP contribution in [0.2, 0.25) is 0 Å². The number of anilines is 2. The first-order chi connectivity index (χ1) is 11.8. The number of benzene rings is 1. The lowest BCUT2D eigenvalue weighted by Crippen LogP contribution is -2.38. The standard InChI is InChI=1S/C18H31N3O3S/c1-6-13-25(23,24)19-11-12-21(16(5)22)18-10-9-17(14-15(18)4)20(7-2)8-3/h9-10,14,19H,6-8,11-13H2,1-5H3. The summed E-state index contributed by atoms with van der Waals surface area (Å²) in [4.78, 5) is 15.9. The van der Waals surface area contributed by atoms with Gasteiger partial charge < -0.3 is 9.80 Å². The first-order valence-corrected chi connectivity index (χ1v) is 10.5. The van der Waals surface area contributed by atoms with Crippen molar-refractivity contribution in [3.8, 4) is 0 Å². The third kappa shape index (κ3) is 6.32. The minimum absolute atomic E-state index is 0.102. The number of sulfonamides is 1. The Balaban J connectivity index is 2.91. The van der Waals surface area contributed by atoms with E-state index in [4.69, 9.17) is 0 Å². The Hall–Kier alpha value is -1.60. The molecular weight excluding hydrogens is 338 g/mol. The van der Waals surface area contributed by atoms with Crippen LogP contribution in [0, 0.1) is 6.92 Å². The normalized spacial score (nSPS) is 11.4. The van der Waals surface area contributed by atoms with Gasteiger partial charge >= 0.3 is 0 Å². The monoisotopic (exact) mass is 369 g/mol. The van der Waals surface area contributed by atoms with E-state index in [1.165, 1.54) is 6.92 Å². The molecule has 7 heteroatoms. The van der Waals surface area contributed by atoms with E-state index in [0.717, 1.165) is 30.0 Å². The van der Waals surface area contributed by atoms with Crippen LogP contribution in [0.1, 0.15) is 39.7 Å². The van der Waals surface area contributed by atoms with Crippen LogP contribution in [0.5, 0.6) is 0 Å². The molecule has 0 fully saturated rings. The topological polar surface area (TPSA) is 69.7 Å². The molecule has 1 aromatic carbocycles. The van der Waals surface area contributed by atoms with E-state index in [1.54, 1.807) is 4.90 Å². The molecule has 0 aromatic heterocycles. The van der Waals surface area contributed by atoms with Crippen molar-refractivity contribution in [2.24, 2.45) is 0 Å². The van der Waals surface area contributed by atoms with Gasteiger partial charge in [-0.3, -0.25) is 4.79 Å². The number of aryl methyl sites for hydroxylation is 1. The van der Waals surface area contributed by atoms with Crippen molar-refractivity contribution >= 4 is 27.3 Å². The molecule has 1 amide bonds. The van der Waals surface area contributed by atoms with Crippen LogP contribution in [0.4, 0.5) is 11.4 Å². The molecule has 0 atom stereocenters. The number of rotatable bonds is 10. The molecule has 0 saturated carbocycles. The zero-order chi connectivity index (χ0) is 19.0. The van der Waals surface area contributed by atoms with Gasteiger partial charge in [-0.25, -0.2) is 13.1 Å². The number of carbonyl (C=O) groups excluding carboxylic acids is 1. The number of hydrogen-bond acceptors (Lipinski definition) is 4. The Morgan fingerprint density at radius 1 is 1.16 bits per heavy atom. The average molecular weight is 370 g/mol. The molecule has 0 spiro atoms. The second kappa shape index (κ2) is 9.77. The lowest BCUT2D eigenvalue weighted by atomic mass is 10.1. The number of hydrogen-bond donors (Lipinski definition) is 1. The van der Waals surface area contributed by atoms with Gasteiger partial charge in [0, 0.05) is 44.5 Å². The Labute approximate surface area is 152 Å². The predicted octanol–water partition coefficient (Wildman–Crippen LogP) is 2.52. The summed E-state index contributed by atoms with van der Waals surface area (Å²) in [6.45, 7) is 11.9. The van der Waals surface area contributed by atoms with Crippen molar-refractivity contribution in [2.45, 2.75) is 41.0 Å². The fourth-order valence-electron chi connectivity index (χ4n) is 2.83. The fraction of sp³-hybridized carbons (Fsp3) is 0.611. The van der Waals surface area contributed by atoms with Gasteiger partial charge in [0.05, 0.1) is 5.75 Å². The largest absolute Gasteiger partial charge is 0.372 e. The molecule has 0 heterocycles. The Morgan fingerprint density at radius 3 is 2.28 bits per heavy atom. The van der Waals surface area contributed by atoms with Gasteiger partial charge in [-0.15, -0.1) is 0 Å². The van der Waals surface area contributed by atoms with Crippen molar-refractivity contribution in [2.75, 3.05) is 41.7 Å². The van der Waals surface area contributed by atoms with Crippen molar-refractivity contribution in [3.05, 3.63) is 23.8 Å². The molecular formula is C18H31N3O3S. The summed E-state index contributed by atoms with van der Waals surface area (Å²) in [6.07, 6.45) is 0.567. The molecule has 0 bridgehead atoms. The maximum atomic E-state index is 12.0. The van der Waals surface area contributed by atoms with E-state index < -0.39 is 10.0 Å². The molecule has 0 unspecified atom stereocenters. The molecule has 142 valence electrons. The number of carbonyl (C=O) groups is 1. The van der Waals surface area contributed by atoms with Crippen molar-refractivity contribution < 1.29 is 13.2 Å². The number of nitrogens with one attached hydrogen (secondary N) is 1. The third-order valence-corrected chi connectivity index (χ3v) is 5.70. The van der Waals surface area contributed by atoms with Crippen LogP contribution < -0.4 is 14.5 Å². The van der Waals surface area contributed by atoms with Crippen LogP contribution in [0.25, 0.3) is 0 Å². The highest BCUT2D eigenvalue weighted by Gasteiger charge is 2.16. The Morgan fingerprint density at radius 2 is 1.80 bits per heavy atom. The lowest BCUT2D eigenvalue weighted by molar-refractivity contribution is -0.116. The van der Waals surface area contributed by atoms with E-state index >= 15 is 0 Å². The second-order valence-corrected chi connectivity index (χ2v) is 7.95. The van der Waals surface area contributed by atoms with Gasteiger partial charge in [0.25, 0.3) is 0 Å². The van der Waals surface area contributed by atoms with Crippen LogP contribution >= 0.6 is 0 Å². The third-order valence-electron chi connectivity index (χ3n) is 4.11. The molecule has 0 saturated heterocycles. The van der Waals surface area contributed by atoms with Crippen LogP contribution in [-0.2, 0) is 14.8 Å². The van der Waals surface area contributed by atoms with E-state index in [9.17, 15) is 13.2 Å². The second-order valence-electron chi connectivity index (χ2n) is 6.03.